The third-order valence-electron chi connectivity index (χ3n) is 4.29. The third-order valence-corrected chi connectivity index (χ3v) is 4.29. The predicted octanol–water partition coefficient (Wildman–Crippen LogP) is 1.90. The van der Waals surface area contributed by atoms with Crippen molar-refractivity contribution in [1.29, 1.82) is 0 Å². The fourth-order valence-corrected chi connectivity index (χ4v) is 2.78. The smallest absolute Gasteiger partial charge is 0.231 e. The summed E-state index contributed by atoms with van der Waals surface area (Å²) in [7, 11) is 0. The van der Waals surface area contributed by atoms with E-state index in [4.69, 9.17) is 5.73 Å². The van der Waals surface area contributed by atoms with E-state index in [0.717, 1.165) is 31.5 Å². The van der Waals surface area contributed by atoms with Gasteiger partial charge in [0.25, 0.3) is 0 Å². The van der Waals surface area contributed by atoms with Gasteiger partial charge in [-0.2, -0.15) is 15.0 Å². The highest BCUT2D eigenvalue weighted by Gasteiger charge is 2.27. The Balaban J connectivity index is 1.65. The van der Waals surface area contributed by atoms with Gasteiger partial charge >= 0.3 is 0 Å². The molecule has 1 atom stereocenters. The van der Waals surface area contributed by atoms with E-state index in [1.807, 2.05) is 0 Å². The van der Waals surface area contributed by atoms with Crippen molar-refractivity contribution in [2.24, 2.45) is 11.8 Å². The molecule has 1 aliphatic carbocycles. The fourth-order valence-electron chi connectivity index (χ4n) is 2.78. The molecule has 6 nitrogen and oxygen atoms in total. The topological polar surface area (TPSA) is 80.0 Å². The highest BCUT2D eigenvalue weighted by Crippen LogP contribution is 2.36. The minimum atomic E-state index is 0.308. The van der Waals surface area contributed by atoms with Crippen LogP contribution in [0.5, 0.6) is 0 Å². The Kier molecular flexibility index (Phi) is 3.89. The lowest BCUT2D eigenvalue weighted by atomic mass is 10.1. The van der Waals surface area contributed by atoms with Gasteiger partial charge in [-0.15, -0.1) is 0 Å². The summed E-state index contributed by atoms with van der Waals surface area (Å²) < 4.78 is 0. The quantitative estimate of drug-likeness (QED) is 0.855. The molecule has 3 rings (SSSR count). The number of nitrogens with two attached hydrogens (primary N) is 1. The molecule has 2 heterocycles. The fraction of sp³-hybridized carbons (Fsp3) is 0.786. The Morgan fingerprint density at radius 3 is 2.65 bits per heavy atom. The van der Waals surface area contributed by atoms with Crippen molar-refractivity contribution in [3.63, 3.8) is 0 Å². The monoisotopic (exact) mass is 276 g/mol. The predicted molar refractivity (Wildman–Crippen MR) is 80.7 cm³/mol. The molecule has 20 heavy (non-hydrogen) atoms. The zero-order chi connectivity index (χ0) is 13.9. The van der Waals surface area contributed by atoms with E-state index in [9.17, 15) is 0 Å². The average Bonchev–Trinajstić information content (AvgIpc) is 3.30. The van der Waals surface area contributed by atoms with E-state index >= 15 is 0 Å². The summed E-state index contributed by atoms with van der Waals surface area (Å²) in [6.07, 6.45) is 6.42. The highest BCUT2D eigenvalue weighted by atomic mass is 15.3. The first kappa shape index (κ1) is 13.4. The minimum absolute atomic E-state index is 0.308. The van der Waals surface area contributed by atoms with Crippen LogP contribution in [0.25, 0.3) is 0 Å². The third kappa shape index (κ3) is 3.29. The standard InChI is InChI=1S/C14H24N6/c1-10(11-5-6-11)9-16-13-17-12(15)18-14(19-13)20-7-3-2-4-8-20/h10-11H,2-9H2,1H3,(H3,15,16,17,18,19). The molecule has 6 heteroatoms. The molecular formula is C14H24N6. The van der Waals surface area contributed by atoms with E-state index in [0.29, 0.717) is 17.8 Å². The van der Waals surface area contributed by atoms with Crippen LogP contribution in [0.2, 0.25) is 0 Å². The van der Waals surface area contributed by atoms with Crippen molar-refractivity contribution in [2.45, 2.75) is 39.0 Å². The SMILES string of the molecule is CC(CNc1nc(N)nc(N2CCCCC2)n1)C1CC1. The molecule has 0 amide bonds. The number of piperidine rings is 1. The van der Waals surface area contributed by atoms with E-state index in [1.54, 1.807) is 0 Å². The number of nitrogens with zero attached hydrogens (tertiary/aromatic N) is 4. The second-order valence-electron chi connectivity index (χ2n) is 6.06. The van der Waals surface area contributed by atoms with Gasteiger partial charge in [0.2, 0.25) is 17.8 Å². The largest absolute Gasteiger partial charge is 0.368 e. The lowest BCUT2D eigenvalue weighted by Gasteiger charge is -2.26. The molecule has 0 bridgehead atoms. The van der Waals surface area contributed by atoms with E-state index in [1.165, 1.54) is 32.1 Å². The Morgan fingerprint density at radius 1 is 1.20 bits per heavy atom. The van der Waals surface area contributed by atoms with Gasteiger partial charge in [0, 0.05) is 19.6 Å². The molecule has 2 fully saturated rings. The minimum Gasteiger partial charge on any atom is -0.368 e. The second-order valence-corrected chi connectivity index (χ2v) is 6.06. The van der Waals surface area contributed by atoms with Gasteiger partial charge in [-0.05, 0) is 43.9 Å². The van der Waals surface area contributed by atoms with Crippen LogP contribution in [0.15, 0.2) is 0 Å². The zero-order valence-corrected chi connectivity index (χ0v) is 12.2. The van der Waals surface area contributed by atoms with Crippen molar-refractivity contribution in [2.75, 3.05) is 35.6 Å². The van der Waals surface area contributed by atoms with Crippen molar-refractivity contribution >= 4 is 17.8 Å². The number of anilines is 3. The first-order valence-electron chi connectivity index (χ1n) is 7.73. The Bertz CT molecular complexity index is 453. The van der Waals surface area contributed by atoms with Crippen molar-refractivity contribution < 1.29 is 0 Å². The maximum atomic E-state index is 5.82. The van der Waals surface area contributed by atoms with Crippen LogP contribution in [0.1, 0.15) is 39.0 Å². The first-order valence-corrected chi connectivity index (χ1v) is 7.73. The van der Waals surface area contributed by atoms with Crippen molar-refractivity contribution in [3.8, 4) is 0 Å². The molecule has 110 valence electrons. The molecule has 0 aromatic carbocycles. The lowest BCUT2D eigenvalue weighted by molar-refractivity contribution is 0.534. The molecule has 1 unspecified atom stereocenters. The van der Waals surface area contributed by atoms with Crippen LogP contribution >= 0.6 is 0 Å². The van der Waals surface area contributed by atoms with Crippen LogP contribution in [0.3, 0.4) is 0 Å². The van der Waals surface area contributed by atoms with Gasteiger partial charge in [0.15, 0.2) is 0 Å². The summed E-state index contributed by atoms with van der Waals surface area (Å²) in [5.41, 5.74) is 5.82. The van der Waals surface area contributed by atoms with Crippen LogP contribution in [-0.2, 0) is 0 Å². The van der Waals surface area contributed by atoms with Crippen molar-refractivity contribution in [3.05, 3.63) is 0 Å². The van der Waals surface area contributed by atoms with Gasteiger partial charge in [0.05, 0.1) is 0 Å². The molecule has 2 aliphatic rings. The molecule has 0 spiro atoms. The number of aromatic nitrogens is 3. The Morgan fingerprint density at radius 2 is 1.95 bits per heavy atom. The second kappa shape index (κ2) is 5.81. The van der Waals surface area contributed by atoms with Gasteiger partial charge in [-0.1, -0.05) is 6.92 Å². The average molecular weight is 276 g/mol. The van der Waals surface area contributed by atoms with E-state index < -0.39 is 0 Å². The van der Waals surface area contributed by atoms with E-state index in [2.05, 4.69) is 32.1 Å². The Hall–Kier alpha value is -1.59. The molecule has 3 N–H and O–H groups in total. The zero-order valence-electron chi connectivity index (χ0n) is 12.2. The summed E-state index contributed by atoms with van der Waals surface area (Å²) in [5, 5.41) is 3.32. The van der Waals surface area contributed by atoms with Crippen molar-refractivity contribution in [1.82, 2.24) is 15.0 Å². The number of nitrogens with one attached hydrogen (secondary N) is 1. The maximum Gasteiger partial charge on any atom is 0.231 e. The molecule has 0 radical (unpaired) electrons. The van der Waals surface area contributed by atoms with Gasteiger partial charge < -0.3 is 16.0 Å². The van der Waals surface area contributed by atoms with Crippen LogP contribution < -0.4 is 16.0 Å². The number of nitrogen functional groups attached to an aromatic ring is 1. The molecular weight excluding hydrogens is 252 g/mol. The van der Waals surface area contributed by atoms with Crippen LogP contribution in [0, 0.1) is 11.8 Å². The summed E-state index contributed by atoms with van der Waals surface area (Å²) in [5.74, 6) is 3.20. The van der Waals surface area contributed by atoms with Gasteiger partial charge in [-0.25, -0.2) is 0 Å². The molecule has 1 saturated carbocycles. The van der Waals surface area contributed by atoms with E-state index in [-0.39, 0.29) is 0 Å². The summed E-state index contributed by atoms with van der Waals surface area (Å²) in [6, 6.07) is 0. The number of hydrogen-bond donors (Lipinski definition) is 2. The molecule has 1 aliphatic heterocycles. The molecule has 1 aromatic rings. The summed E-state index contributed by atoms with van der Waals surface area (Å²) in [6.45, 7) is 5.22. The van der Waals surface area contributed by atoms with Crippen LogP contribution in [-0.4, -0.2) is 34.6 Å². The Labute approximate surface area is 120 Å². The molecule has 1 saturated heterocycles. The first-order chi connectivity index (χ1) is 9.72. The summed E-state index contributed by atoms with van der Waals surface area (Å²) >= 11 is 0. The molecule has 1 aromatic heterocycles. The summed E-state index contributed by atoms with van der Waals surface area (Å²) in [4.78, 5) is 15.2. The number of rotatable bonds is 5. The maximum absolute atomic E-state index is 5.82. The normalized spacial score (nSPS) is 20.8. The van der Waals surface area contributed by atoms with Gasteiger partial charge in [-0.3, -0.25) is 0 Å². The van der Waals surface area contributed by atoms with Gasteiger partial charge in [0.1, 0.15) is 0 Å². The number of hydrogen-bond acceptors (Lipinski definition) is 6. The lowest BCUT2D eigenvalue weighted by Crippen LogP contribution is -2.31. The highest BCUT2D eigenvalue weighted by molar-refractivity contribution is 5.42. The van der Waals surface area contributed by atoms with Crippen LogP contribution in [0.4, 0.5) is 17.8 Å².